The normalized spacial score (nSPS) is 17.2. The van der Waals surface area contributed by atoms with E-state index in [0.29, 0.717) is 16.9 Å². The number of hydrogen-bond donors (Lipinski definition) is 0. The van der Waals surface area contributed by atoms with Gasteiger partial charge in [0, 0.05) is 49.3 Å². The summed E-state index contributed by atoms with van der Waals surface area (Å²) in [7, 11) is 0. The fraction of sp³-hybridized carbons (Fsp3) is 0.235. The molecule has 8 aromatic carbocycles. The van der Waals surface area contributed by atoms with Crippen LogP contribution in [-0.4, -0.2) is 6.71 Å². The summed E-state index contributed by atoms with van der Waals surface area (Å²) in [5, 5.41) is 0. The quantitative estimate of drug-likeness (QED) is 0.147. The second-order valence-electron chi connectivity index (χ2n) is 23.4. The third-order valence-corrected chi connectivity index (χ3v) is 17.1. The molecule has 0 radical (unpaired) electrons. The van der Waals surface area contributed by atoms with E-state index in [-0.39, 0.29) is 57.1 Å². The van der Waals surface area contributed by atoms with Crippen molar-refractivity contribution in [1.82, 2.24) is 0 Å². The van der Waals surface area contributed by atoms with Gasteiger partial charge in [-0.15, -0.1) is 0 Å². The van der Waals surface area contributed by atoms with E-state index in [0.717, 1.165) is 79.4 Å². The lowest BCUT2D eigenvalue weighted by atomic mass is 9.36. The van der Waals surface area contributed by atoms with Crippen LogP contribution in [0, 0.1) is 0 Å². The second-order valence-corrected chi connectivity index (χ2v) is 24.4. The van der Waals surface area contributed by atoms with Gasteiger partial charge in [-0.2, -0.15) is 11.3 Å². The lowest BCUT2D eigenvalue weighted by Crippen LogP contribution is -2.60. The van der Waals surface area contributed by atoms with E-state index in [2.05, 4.69) is 152 Å². The highest BCUT2D eigenvalue weighted by Gasteiger charge is 2.51. The molecule has 362 valence electrons. The molecule has 0 bridgehead atoms. The van der Waals surface area contributed by atoms with E-state index in [9.17, 15) is 5.48 Å². The van der Waals surface area contributed by atoms with Crippen molar-refractivity contribution >= 4 is 84.9 Å². The minimum atomic E-state index is -0.483. The molecule has 0 saturated carbocycles. The first kappa shape index (κ1) is 36.8. The first-order valence-corrected chi connectivity index (χ1v) is 26.3. The largest absolute Gasteiger partial charge is 0.311 e. The van der Waals surface area contributed by atoms with Gasteiger partial charge in [-0.3, -0.25) is 0 Å². The van der Waals surface area contributed by atoms with Crippen LogP contribution in [-0.2, 0) is 21.7 Å². The molecular formula is C68H66BN3S. The van der Waals surface area contributed by atoms with Crippen LogP contribution in [0.3, 0.4) is 0 Å². The highest BCUT2D eigenvalue weighted by atomic mass is 32.1. The summed E-state index contributed by atoms with van der Waals surface area (Å²) in [5.41, 5.74) is 13.5. The topological polar surface area (TPSA) is 9.72 Å². The van der Waals surface area contributed by atoms with E-state index >= 15 is 0 Å². The van der Waals surface area contributed by atoms with Gasteiger partial charge in [-0.1, -0.05) is 196 Å². The van der Waals surface area contributed by atoms with E-state index in [1.54, 1.807) is 0 Å². The second kappa shape index (κ2) is 17.3. The maximum absolute atomic E-state index is 9.63. The van der Waals surface area contributed by atoms with Crippen molar-refractivity contribution in [3.63, 3.8) is 0 Å². The molecule has 0 unspecified atom stereocenters. The molecule has 3 heterocycles. The molecule has 0 amide bonds. The van der Waals surface area contributed by atoms with Crippen LogP contribution < -0.4 is 30.4 Å². The predicted octanol–water partition coefficient (Wildman–Crippen LogP) is 17.6. The summed E-state index contributed by atoms with van der Waals surface area (Å²) in [4.78, 5) is 7.83. The molecule has 1 aliphatic carbocycles. The van der Waals surface area contributed by atoms with Gasteiger partial charge in [0.2, 0.25) is 0 Å². The first-order chi connectivity index (χ1) is 39.1. The molecule has 12 rings (SSSR count). The van der Waals surface area contributed by atoms with Crippen molar-refractivity contribution in [3.05, 3.63) is 215 Å². The highest BCUT2D eigenvalue weighted by molar-refractivity contribution is 7.29. The number of nitrogens with zero attached hydrogens (tertiary/aromatic N) is 3. The molecule has 3 aliphatic rings. The van der Waals surface area contributed by atoms with Gasteiger partial charge in [0.05, 0.1) is 30.8 Å². The van der Waals surface area contributed by atoms with E-state index < -0.39 is 43.0 Å². The minimum Gasteiger partial charge on any atom is -0.311 e. The van der Waals surface area contributed by atoms with Crippen molar-refractivity contribution in [3.8, 4) is 22.3 Å². The molecule has 0 atom stereocenters. The Morgan fingerprint density at radius 2 is 1.11 bits per heavy atom. The molecular weight excluding hydrogens is 902 g/mol. The Bertz CT molecular complexity index is 4090. The zero-order chi connectivity index (χ0) is 59.3. The van der Waals surface area contributed by atoms with Crippen molar-refractivity contribution in [2.75, 3.05) is 14.7 Å². The van der Waals surface area contributed by atoms with Gasteiger partial charge >= 0.3 is 0 Å². The number of para-hydroxylation sites is 2. The molecule has 5 heteroatoms. The van der Waals surface area contributed by atoms with E-state index in [4.69, 9.17) is 8.22 Å². The van der Waals surface area contributed by atoms with Gasteiger partial charge in [0.25, 0.3) is 6.71 Å². The van der Waals surface area contributed by atoms with Crippen LogP contribution >= 0.6 is 11.3 Å². The lowest BCUT2D eigenvalue weighted by Gasteiger charge is -2.46. The van der Waals surface area contributed by atoms with Gasteiger partial charge in [-0.25, -0.2) is 0 Å². The SMILES string of the molecule is [2H]c1c([2H])c([2H])c(-c2ccc3c(c2)B2c4sc5c(c4N(c4ccc(C(C)(C)C)cc4)c4cc(N(c6ccccc6)c6c([2H])c([2H])c([2H])c([2H])c6[2H])cc(c42)N3c2ccc(C(C)(C)C)cc2-c2ccccc2)C(C)(C)CCC5(C)C)c([2H])c1[2H]. The van der Waals surface area contributed by atoms with Crippen LogP contribution in [0.4, 0.5) is 51.2 Å². The molecule has 3 nitrogen and oxygen atoms in total. The van der Waals surface area contributed by atoms with Gasteiger partial charge in [-0.05, 0) is 145 Å². The van der Waals surface area contributed by atoms with E-state index in [1.165, 1.54) is 16.0 Å². The fourth-order valence-electron chi connectivity index (χ4n) is 11.5. The zero-order valence-electron chi connectivity index (χ0n) is 53.4. The summed E-state index contributed by atoms with van der Waals surface area (Å²) < 4.78 is 92.2. The Morgan fingerprint density at radius 3 is 1.77 bits per heavy atom. The summed E-state index contributed by atoms with van der Waals surface area (Å²) in [6, 6.07) is 41.7. The molecule has 0 saturated heterocycles. The third-order valence-electron chi connectivity index (χ3n) is 15.5. The minimum absolute atomic E-state index is 0.00444. The van der Waals surface area contributed by atoms with Crippen LogP contribution in [0.5, 0.6) is 0 Å². The molecule has 0 fully saturated rings. The number of rotatable bonds is 7. The average molecular weight is 978 g/mol. The standard InChI is InChI=1S/C68H66BN3S/c1-65(2,3)48-32-35-52(36-33-48)71-58-43-53(70(50-27-19-13-20-28-50)51-29-21-14-22-30-51)44-59-61(58)69(64-62(71)60-63(73-64)68(9,10)40-39-67(60,7)8)55-41-47(45-23-15-11-16-24-45)31-37-57(55)72(59)56-38-34-49(66(4,5)6)42-54(56)46-25-17-12-18-26-46/h11-38,41-44H,39-40H2,1-10H3/i11D,13D,15D,16D,19D,20D,23D,24D,27D,28D. The average Bonchev–Trinajstić information content (AvgIpc) is 2.66. The smallest absolute Gasteiger partial charge is 0.264 e. The highest BCUT2D eigenvalue weighted by Crippen LogP contribution is 2.57. The molecule has 9 aromatic rings. The van der Waals surface area contributed by atoms with Crippen molar-refractivity contribution in [2.45, 2.75) is 104 Å². The summed E-state index contributed by atoms with van der Waals surface area (Å²) in [5.74, 6) is 0. The molecule has 2 aliphatic heterocycles. The number of anilines is 9. The van der Waals surface area contributed by atoms with Crippen molar-refractivity contribution in [1.29, 1.82) is 0 Å². The summed E-state index contributed by atoms with van der Waals surface area (Å²) in [6.07, 6.45) is 1.91. The van der Waals surface area contributed by atoms with Crippen LogP contribution in [0.1, 0.15) is 117 Å². The number of fused-ring (bicyclic) bond motifs is 6. The van der Waals surface area contributed by atoms with Crippen molar-refractivity contribution in [2.24, 2.45) is 0 Å². The summed E-state index contributed by atoms with van der Waals surface area (Å²) >= 11 is 1.85. The first-order valence-electron chi connectivity index (χ1n) is 30.5. The molecule has 1 aromatic heterocycles. The Morgan fingerprint density at radius 1 is 0.521 bits per heavy atom. The molecule has 0 N–H and O–H groups in total. The Balaban J connectivity index is 1.30. The lowest BCUT2D eigenvalue weighted by molar-refractivity contribution is 0.339. The predicted molar refractivity (Wildman–Crippen MR) is 317 cm³/mol. The molecule has 0 spiro atoms. The monoisotopic (exact) mass is 978 g/mol. The number of benzene rings is 8. The Kier molecular flexibility index (Phi) is 8.70. The zero-order valence-corrected chi connectivity index (χ0v) is 44.3. The maximum Gasteiger partial charge on any atom is 0.264 e. The summed E-state index contributed by atoms with van der Waals surface area (Å²) in [6.45, 7) is 22.2. The van der Waals surface area contributed by atoms with Gasteiger partial charge in [0.15, 0.2) is 0 Å². The number of thiophene rings is 1. The fourth-order valence-corrected chi connectivity index (χ4v) is 13.2. The van der Waals surface area contributed by atoms with Gasteiger partial charge < -0.3 is 14.7 Å². The maximum atomic E-state index is 9.63. The Hall–Kier alpha value is -7.08. The van der Waals surface area contributed by atoms with Crippen LogP contribution in [0.25, 0.3) is 22.3 Å². The Labute approximate surface area is 453 Å². The number of hydrogen-bond acceptors (Lipinski definition) is 4. The van der Waals surface area contributed by atoms with Gasteiger partial charge in [0.1, 0.15) is 0 Å². The molecule has 73 heavy (non-hydrogen) atoms. The van der Waals surface area contributed by atoms with Crippen LogP contribution in [0.2, 0.25) is 0 Å². The third kappa shape index (κ3) is 7.94. The van der Waals surface area contributed by atoms with Crippen molar-refractivity contribution < 1.29 is 13.7 Å². The van der Waals surface area contributed by atoms with E-state index in [1.807, 2.05) is 76.9 Å². The van der Waals surface area contributed by atoms with Crippen LogP contribution in [0.15, 0.2) is 194 Å².